The van der Waals surface area contributed by atoms with E-state index in [9.17, 15) is 4.79 Å². The van der Waals surface area contributed by atoms with E-state index in [2.05, 4.69) is 22.5 Å². The van der Waals surface area contributed by atoms with Crippen molar-refractivity contribution in [3.05, 3.63) is 23.9 Å². The summed E-state index contributed by atoms with van der Waals surface area (Å²) in [6, 6.07) is 3.65. The van der Waals surface area contributed by atoms with E-state index in [0.717, 1.165) is 24.5 Å². The van der Waals surface area contributed by atoms with Crippen LogP contribution < -0.4 is 15.5 Å². The lowest BCUT2D eigenvalue weighted by molar-refractivity contribution is -0.124. The summed E-state index contributed by atoms with van der Waals surface area (Å²) in [7, 11) is 1.65. The van der Waals surface area contributed by atoms with E-state index in [4.69, 9.17) is 4.74 Å². The Morgan fingerprint density at radius 3 is 3.20 bits per heavy atom. The van der Waals surface area contributed by atoms with Crippen LogP contribution in [0.5, 0.6) is 0 Å². The van der Waals surface area contributed by atoms with Gasteiger partial charge in [0.2, 0.25) is 5.91 Å². The maximum Gasteiger partial charge on any atom is 0.244 e. The predicted octanol–water partition coefficient (Wildman–Crippen LogP) is 0.142. The van der Waals surface area contributed by atoms with Gasteiger partial charge in [0.15, 0.2) is 0 Å². The van der Waals surface area contributed by atoms with Crippen LogP contribution in [0.1, 0.15) is 12.5 Å². The molecule has 6 heteroatoms. The first kappa shape index (κ1) is 14.7. The fourth-order valence-corrected chi connectivity index (χ4v) is 2.33. The number of carbonyl (C=O) groups is 1. The first-order valence-electron chi connectivity index (χ1n) is 6.98. The van der Waals surface area contributed by atoms with Crippen molar-refractivity contribution in [3.8, 4) is 0 Å². The lowest BCUT2D eigenvalue weighted by Crippen LogP contribution is -2.54. The van der Waals surface area contributed by atoms with Crippen molar-refractivity contribution < 1.29 is 9.53 Å². The van der Waals surface area contributed by atoms with E-state index in [-0.39, 0.29) is 11.9 Å². The second-order valence-electron chi connectivity index (χ2n) is 4.66. The van der Waals surface area contributed by atoms with Crippen molar-refractivity contribution in [2.75, 3.05) is 38.3 Å². The third kappa shape index (κ3) is 3.26. The molecule has 1 aromatic rings. The summed E-state index contributed by atoms with van der Waals surface area (Å²) in [5.41, 5.74) is 1.10. The highest BCUT2D eigenvalue weighted by molar-refractivity contribution is 5.85. The molecule has 1 atom stereocenters. The Bertz CT molecular complexity index is 453. The summed E-state index contributed by atoms with van der Waals surface area (Å²) in [6.07, 6.45) is 1.77. The van der Waals surface area contributed by atoms with Crippen LogP contribution in [0.4, 0.5) is 5.82 Å². The summed E-state index contributed by atoms with van der Waals surface area (Å²) in [4.78, 5) is 18.5. The predicted molar refractivity (Wildman–Crippen MR) is 77.6 cm³/mol. The van der Waals surface area contributed by atoms with Crippen LogP contribution in [0.15, 0.2) is 18.3 Å². The average Bonchev–Trinajstić information content (AvgIpc) is 2.52. The Morgan fingerprint density at radius 2 is 2.45 bits per heavy atom. The van der Waals surface area contributed by atoms with Crippen molar-refractivity contribution in [2.24, 2.45) is 0 Å². The first-order valence-corrected chi connectivity index (χ1v) is 6.98. The molecule has 2 N–H and O–H groups in total. The van der Waals surface area contributed by atoms with Crippen molar-refractivity contribution in [3.63, 3.8) is 0 Å². The number of nitrogens with zero attached hydrogens (tertiary/aromatic N) is 2. The lowest BCUT2D eigenvalue weighted by atomic mass is 10.1. The van der Waals surface area contributed by atoms with E-state index >= 15 is 0 Å². The second-order valence-corrected chi connectivity index (χ2v) is 4.66. The molecule has 2 rings (SSSR count). The molecule has 0 saturated carbocycles. The fraction of sp³-hybridized carbons (Fsp3) is 0.571. The Hall–Kier alpha value is -1.66. The molecule has 0 bridgehead atoms. The number of amides is 1. The number of hydrogen-bond donors (Lipinski definition) is 2. The minimum Gasteiger partial charge on any atom is -0.377 e. The van der Waals surface area contributed by atoms with E-state index in [0.29, 0.717) is 19.8 Å². The van der Waals surface area contributed by atoms with E-state index in [1.54, 1.807) is 13.2 Å². The van der Waals surface area contributed by atoms with Gasteiger partial charge in [0.1, 0.15) is 11.9 Å². The summed E-state index contributed by atoms with van der Waals surface area (Å²) >= 11 is 0. The number of pyridine rings is 1. The van der Waals surface area contributed by atoms with Crippen LogP contribution >= 0.6 is 0 Å². The number of ether oxygens (including phenoxy) is 1. The summed E-state index contributed by atoms with van der Waals surface area (Å²) in [5, 5.41) is 6.00. The molecule has 2 heterocycles. The molecule has 20 heavy (non-hydrogen) atoms. The van der Waals surface area contributed by atoms with Gasteiger partial charge in [-0.1, -0.05) is 13.0 Å². The molecule has 6 nitrogen and oxygen atoms in total. The normalized spacial score (nSPS) is 18.9. The Kier molecular flexibility index (Phi) is 5.31. The van der Waals surface area contributed by atoms with Crippen molar-refractivity contribution >= 4 is 11.7 Å². The maximum atomic E-state index is 12.0. The SMILES string of the molecule is CCNCc1cccnc1N1CCOCC1C(=O)NC. The summed E-state index contributed by atoms with van der Waals surface area (Å²) in [5.74, 6) is 0.829. The topological polar surface area (TPSA) is 66.5 Å². The van der Waals surface area contributed by atoms with E-state index < -0.39 is 0 Å². The quantitative estimate of drug-likeness (QED) is 0.802. The third-order valence-corrected chi connectivity index (χ3v) is 3.38. The number of anilines is 1. The number of carbonyl (C=O) groups excluding carboxylic acids is 1. The van der Waals surface area contributed by atoms with Gasteiger partial charge in [-0.25, -0.2) is 4.98 Å². The molecule has 1 saturated heterocycles. The molecule has 1 unspecified atom stereocenters. The number of morpholine rings is 1. The molecule has 1 fully saturated rings. The largest absolute Gasteiger partial charge is 0.377 e. The number of likely N-dealkylation sites (N-methyl/N-ethyl adjacent to an activating group) is 1. The van der Waals surface area contributed by atoms with Crippen LogP contribution in [0.25, 0.3) is 0 Å². The molecule has 0 radical (unpaired) electrons. The van der Waals surface area contributed by atoms with Gasteiger partial charge < -0.3 is 20.3 Å². The highest BCUT2D eigenvalue weighted by Gasteiger charge is 2.30. The number of nitrogens with one attached hydrogen (secondary N) is 2. The zero-order chi connectivity index (χ0) is 14.4. The molecular weight excluding hydrogens is 256 g/mol. The minimum absolute atomic E-state index is 0.0373. The van der Waals surface area contributed by atoms with Crippen LogP contribution in [0.3, 0.4) is 0 Å². The van der Waals surface area contributed by atoms with Gasteiger partial charge in [0, 0.05) is 31.9 Å². The summed E-state index contributed by atoms with van der Waals surface area (Å²) in [6.45, 7) is 5.40. The standard InChI is InChI=1S/C14H22N4O2/c1-3-16-9-11-5-4-6-17-13(11)18-7-8-20-10-12(18)14(19)15-2/h4-6,12,16H,3,7-10H2,1-2H3,(H,15,19). The van der Waals surface area contributed by atoms with E-state index in [1.165, 1.54) is 0 Å². The van der Waals surface area contributed by atoms with Gasteiger partial charge in [-0.05, 0) is 12.6 Å². The molecule has 0 aliphatic carbocycles. The fourth-order valence-electron chi connectivity index (χ4n) is 2.33. The highest BCUT2D eigenvalue weighted by Crippen LogP contribution is 2.21. The highest BCUT2D eigenvalue weighted by atomic mass is 16.5. The Balaban J connectivity index is 2.25. The van der Waals surface area contributed by atoms with Crippen molar-refractivity contribution in [1.29, 1.82) is 0 Å². The Morgan fingerprint density at radius 1 is 1.60 bits per heavy atom. The van der Waals surface area contributed by atoms with Crippen molar-refractivity contribution in [2.45, 2.75) is 19.5 Å². The van der Waals surface area contributed by atoms with E-state index in [1.807, 2.05) is 17.0 Å². The summed E-state index contributed by atoms with van der Waals surface area (Å²) < 4.78 is 5.43. The van der Waals surface area contributed by atoms with Crippen molar-refractivity contribution in [1.82, 2.24) is 15.6 Å². The molecular formula is C14H22N4O2. The zero-order valence-corrected chi connectivity index (χ0v) is 12.1. The van der Waals surface area contributed by atoms with Crippen LogP contribution in [0.2, 0.25) is 0 Å². The number of hydrogen-bond acceptors (Lipinski definition) is 5. The number of rotatable bonds is 5. The van der Waals surface area contributed by atoms with Gasteiger partial charge >= 0.3 is 0 Å². The molecule has 0 aromatic carbocycles. The smallest absolute Gasteiger partial charge is 0.244 e. The maximum absolute atomic E-state index is 12.0. The second kappa shape index (κ2) is 7.21. The van der Waals surface area contributed by atoms with Gasteiger partial charge in [-0.3, -0.25) is 4.79 Å². The first-order chi connectivity index (χ1) is 9.77. The number of aromatic nitrogens is 1. The average molecular weight is 278 g/mol. The molecule has 1 amide bonds. The third-order valence-electron chi connectivity index (χ3n) is 3.38. The monoisotopic (exact) mass is 278 g/mol. The van der Waals surface area contributed by atoms with Crippen LogP contribution in [0, 0.1) is 0 Å². The van der Waals surface area contributed by atoms with Gasteiger partial charge in [0.05, 0.1) is 13.2 Å². The molecule has 110 valence electrons. The van der Waals surface area contributed by atoms with Gasteiger partial charge in [-0.15, -0.1) is 0 Å². The molecule has 1 aliphatic heterocycles. The zero-order valence-electron chi connectivity index (χ0n) is 12.1. The molecule has 1 aromatic heterocycles. The molecule has 1 aliphatic rings. The van der Waals surface area contributed by atoms with Gasteiger partial charge in [-0.2, -0.15) is 0 Å². The molecule has 0 spiro atoms. The minimum atomic E-state index is -0.316. The van der Waals surface area contributed by atoms with Crippen LogP contribution in [-0.2, 0) is 16.1 Å². The Labute approximate surface area is 119 Å². The van der Waals surface area contributed by atoms with Gasteiger partial charge in [0.25, 0.3) is 0 Å². The lowest BCUT2D eigenvalue weighted by Gasteiger charge is -2.36. The van der Waals surface area contributed by atoms with Crippen LogP contribution in [-0.4, -0.2) is 50.3 Å².